The molecule has 1 saturated heterocycles. The van der Waals surface area contributed by atoms with Crippen molar-refractivity contribution >= 4 is 34.9 Å². The molecule has 1 aliphatic rings. The molecule has 1 aliphatic heterocycles. The van der Waals surface area contributed by atoms with Gasteiger partial charge in [-0.3, -0.25) is 14.5 Å². The Kier molecular flexibility index (Phi) is 6.05. The molecule has 6 nitrogen and oxygen atoms in total. The minimum Gasteiger partial charge on any atom is -0.507 e. The number of carbonyl (C=O) groups is 2. The van der Waals surface area contributed by atoms with E-state index in [0.29, 0.717) is 34.3 Å². The number of aliphatic hydroxyl groups is 1. The van der Waals surface area contributed by atoms with E-state index in [1.54, 1.807) is 72.8 Å². The summed E-state index contributed by atoms with van der Waals surface area (Å²) in [5.74, 6) is -0.945. The molecule has 0 saturated carbocycles. The van der Waals surface area contributed by atoms with Crippen LogP contribution >= 0.6 is 11.6 Å². The lowest BCUT2D eigenvalue weighted by molar-refractivity contribution is -0.132. The summed E-state index contributed by atoms with van der Waals surface area (Å²) in [6.07, 6.45) is 3.16. The summed E-state index contributed by atoms with van der Waals surface area (Å²) < 4.78 is 5.46. The molecule has 0 radical (unpaired) electrons. The Morgan fingerprint density at radius 1 is 1.09 bits per heavy atom. The fraction of sp³-hybridized carbons (Fsp3) is 0.0800. The van der Waals surface area contributed by atoms with Gasteiger partial charge in [0.15, 0.2) is 0 Å². The smallest absolute Gasteiger partial charge is 0.301 e. The van der Waals surface area contributed by atoms with Gasteiger partial charge < -0.3 is 9.84 Å². The van der Waals surface area contributed by atoms with Crippen LogP contribution in [0.25, 0.3) is 5.76 Å². The zero-order valence-electron chi connectivity index (χ0n) is 16.9. The SMILES string of the molecule is C=CCOc1ccc(/C(O)=C2\C(=O)C(=O)N(c3ccccn3)C2c2ccc(Cl)cc2)cc1. The predicted octanol–water partition coefficient (Wildman–Crippen LogP) is 4.93. The van der Waals surface area contributed by atoms with Gasteiger partial charge in [-0.05, 0) is 54.1 Å². The van der Waals surface area contributed by atoms with Gasteiger partial charge in [-0.2, -0.15) is 0 Å². The molecule has 32 heavy (non-hydrogen) atoms. The van der Waals surface area contributed by atoms with Crippen LogP contribution in [0.3, 0.4) is 0 Å². The van der Waals surface area contributed by atoms with Crippen LogP contribution in [0.4, 0.5) is 5.82 Å². The lowest BCUT2D eigenvalue weighted by Crippen LogP contribution is -2.30. The summed E-state index contributed by atoms with van der Waals surface area (Å²) >= 11 is 6.04. The second-order valence-corrected chi connectivity index (χ2v) is 7.47. The number of aliphatic hydroxyl groups excluding tert-OH is 1. The molecule has 1 N–H and O–H groups in total. The van der Waals surface area contributed by atoms with Gasteiger partial charge in [0.2, 0.25) is 0 Å². The molecule has 1 atom stereocenters. The van der Waals surface area contributed by atoms with Crippen LogP contribution in [0, 0.1) is 0 Å². The van der Waals surface area contributed by atoms with Gasteiger partial charge in [-0.15, -0.1) is 0 Å². The first-order chi connectivity index (χ1) is 15.5. The standard InChI is InChI=1S/C25H19ClN2O4/c1-2-15-32-19-12-8-17(9-13-19)23(29)21-22(16-6-10-18(26)11-7-16)28(25(31)24(21)30)20-5-3-4-14-27-20/h2-14,22,29H,1,15H2/b23-21+. The molecule has 1 amide bonds. The highest BCUT2D eigenvalue weighted by atomic mass is 35.5. The zero-order chi connectivity index (χ0) is 22.7. The van der Waals surface area contributed by atoms with Crippen LogP contribution in [0.1, 0.15) is 17.2 Å². The minimum absolute atomic E-state index is 0.0252. The molecule has 3 aromatic rings. The third kappa shape index (κ3) is 4.00. The molecule has 1 aromatic heterocycles. The normalized spacial score (nSPS) is 17.4. The highest BCUT2D eigenvalue weighted by molar-refractivity contribution is 6.51. The lowest BCUT2D eigenvalue weighted by Gasteiger charge is -2.24. The number of anilines is 1. The molecule has 0 spiro atoms. The number of hydrogen-bond donors (Lipinski definition) is 1. The maximum Gasteiger partial charge on any atom is 0.301 e. The number of ether oxygens (including phenoxy) is 1. The number of carbonyl (C=O) groups excluding carboxylic acids is 2. The topological polar surface area (TPSA) is 79.7 Å². The predicted molar refractivity (Wildman–Crippen MR) is 123 cm³/mol. The molecule has 1 unspecified atom stereocenters. The summed E-state index contributed by atoms with van der Waals surface area (Å²) in [7, 11) is 0. The number of rotatable bonds is 6. The fourth-order valence-electron chi connectivity index (χ4n) is 3.55. The van der Waals surface area contributed by atoms with Crippen LogP contribution in [0.5, 0.6) is 5.75 Å². The van der Waals surface area contributed by atoms with Crippen LogP contribution in [-0.2, 0) is 9.59 Å². The van der Waals surface area contributed by atoms with Crippen molar-refractivity contribution in [3.05, 3.63) is 107 Å². The number of ketones is 1. The largest absolute Gasteiger partial charge is 0.507 e. The van der Waals surface area contributed by atoms with E-state index < -0.39 is 17.7 Å². The average Bonchev–Trinajstić information content (AvgIpc) is 3.09. The van der Waals surface area contributed by atoms with Crippen molar-refractivity contribution in [3.63, 3.8) is 0 Å². The Morgan fingerprint density at radius 3 is 2.44 bits per heavy atom. The number of Topliss-reactive ketones (excluding diaryl/α,β-unsaturated/α-hetero) is 1. The molecular weight excluding hydrogens is 428 g/mol. The molecule has 160 valence electrons. The summed E-state index contributed by atoms with van der Waals surface area (Å²) in [5.41, 5.74) is 0.975. The van der Waals surface area contributed by atoms with E-state index in [9.17, 15) is 14.7 Å². The van der Waals surface area contributed by atoms with Crippen molar-refractivity contribution < 1.29 is 19.4 Å². The molecule has 1 fully saturated rings. The van der Waals surface area contributed by atoms with Gasteiger partial charge in [-0.25, -0.2) is 4.98 Å². The lowest BCUT2D eigenvalue weighted by atomic mass is 9.95. The number of benzene rings is 2. The Bertz CT molecular complexity index is 1190. The number of nitrogens with zero attached hydrogens (tertiary/aromatic N) is 2. The maximum absolute atomic E-state index is 13.1. The minimum atomic E-state index is -0.862. The first-order valence-electron chi connectivity index (χ1n) is 9.83. The van der Waals surface area contributed by atoms with Crippen LogP contribution in [-0.4, -0.2) is 28.4 Å². The average molecular weight is 447 g/mol. The van der Waals surface area contributed by atoms with Gasteiger partial charge >= 0.3 is 5.91 Å². The van der Waals surface area contributed by atoms with Crippen molar-refractivity contribution in [1.82, 2.24) is 4.98 Å². The molecule has 4 rings (SSSR count). The number of pyridine rings is 1. The quantitative estimate of drug-likeness (QED) is 0.251. The van der Waals surface area contributed by atoms with Crippen LogP contribution in [0.15, 0.2) is 91.2 Å². The van der Waals surface area contributed by atoms with Gasteiger partial charge in [0.05, 0.1) is 11.6 Å². The number of aromatic nitrogens is 1. The van der Waals surface area contributed by atoms with Crippen molar-refractivity contribution in [1.29, 1.82) is 0 Å². The Hall–Kier alpha value is -3.90. The molecule has 2 heterocycles. The molecule has 2 aromatic carbocycles. The first-order valence-corrected chi connectivity index (χ1v) is 10.2. The second-order valence-electron chi connectivity index (χ2n) is 7.03. The summed E-state index contributed by atoms with van der Waals surface area (Å²) in [6.45, 7) is 3.95. The van der Waals surface area contributed by atoms with Crippen LogP contribution in [0.2, 0.25) is 5.02 Å². The third-order valence-corrected chi connectivity index (χ3v) is 5.27. The van der Waals surface area contributed by atoms with Crippen molar-refractivity contribution in [3.8, 4) is 5.75 Å². The monoisotopic (exact) mass is 446 g/mol. The van der Waals surface area contributed by atoms with Gasteiger partial charge in [0.25, 0.3) is 5.78 Å². The van der Waals surface area contributed by atoms with Crippen molar-refractivity contribution in [2.24, 2.45) is 0 Å². The molecule has 7 heteroatoms. The van der Waals surface area contributed by atoms with E-state index in [1.807, 2.05) is 0 Å². The van der Waals surface area contributed by atoms with E-state index in [1.165, 1.54) is 11.1 Å². The van der Waals surface area contributed by atoms with E-state index >= 15 is 0 Å². The molecule has 0 bridgehead atoms. The first kappa shape index (κ1) is 21.3. The highest BCUT2D eigenvalue weighted by Gasteiger charge is 2.47. The van der Waals surface area contributed by atoms with E-state index in [0.717, 1.165) is 0 Å². The summed E-state index contributed by atoms with van der Waals surface area (Å²) in [5, 5.41) is 11.6. The van der Waals surface area contributed by atoms with E-state index in [-0.39, 0.29) is 11.3 Å². The maximum atomic E-state index is 13.1. The zero-order valence-corrected chi connectivity index (χ0v) is 17.7. The van der Waals surface area contributed by atoms with Gasteiger partial charge in [0.1, 0.15) is 23.9 Å². The van der Waals surface area contributed by atoms with Crippen molar-refractivity contribution in [2.45, 2.75) is 6.04 Å². The van der Waals surface area contributed by atoms with E-state index in [4.69, 9.17) is 16.3 Å². The van der Waals surface area contributed by atoms with Crippen LogP contribution < -0.4 is 9.64 Å². The van der Waals surface area contributed by atoms with Crippen molar-refractivity contribution in [2.75, 3.05) is 11.5 Å². The Morgan fingerprint density at radius 2 is 1.81 bits per heavy atom. The summed E-state index contributed by atoms with van der Waals surface area (Å²) in [6, 6.07) is 17.6. The molecule has 0 aliphatic carbocycles. The van der Waals surface area contributed by atoms with E-state index in [2.05, 4.69) is 11.6 Å². The fourth-order valence-corrected chi connectivity index (χ4v) is 3.67. The highest BCUT2D eigenvalue weighted by Crippen LogP contribution is 2.41. The third-order valence-electron chi connectivity index (χ3n) is 5.02. The number of hydrogen-bond acceptors (Lipinski definition) is 5. The second kappa shape index (κ2) is 9.08. The van der Waals surface area contributed by atoms with Gasteiger partial charge in [-0.1, -0.05) is 42.5 Å². The number of halogens is 1. The Labute approximate surface area is 190 Å². The Balaban J connectivity index is 1.84. The van der Waals surface area contributed by atoms with Gasteiger partial charge in [0, 0.05) is 16.8 Å². The summed E-state index contributed by atoms with van der Waals surface area (Å²) in [4.78, 5) is 31.6. The number of amides is 1. The molecular formula is C25H19ClN2O4.